The number of hydrogen-bond donors (Lipinski definition) is 1. The molecule has 1 atom stereocenters. The summed E-state index contributed by atoms with van der Waals surface area (Å²) < 4.78 is 16.7. The minimum absolute atomic E-state index is 0.110. The maximum absolute atomic E-state index is 13.6. The molecule has 2 heterocycles. The molecule has 2 aliphatic rings. The molecular weight excluding hydrogens is 478 g/mol. The Labute approximate surface area is 215 Å². The molecule has 9 heteroatoms. The lowest BCUT2D eigenvalue weighted by Crippen LogP contribution is -2.38. The molecule has 8 nitrogen and oxygen atoms in total. The van der Waals surface area contributed by atoms with E-state index in [1.807, 2.05) is 59.7 Å². The molecule has 1 N–H and O–H groups in total. The van der Waals surface area contributed by atoms with E-state index in [0.29, 0.717) is 34.5 Å². The van der Waals surface area contributed by atoms with E-state index in [1.165, 1.54) is 11.8 Å². The first-order chi connectivity index (χ1) is 17.5. The molecule has 0 saturated heterocycles. The van der Waals surface area contributed by atoms with Gasteiger partial charge in [0.1, 0.15) is 11.5 Å². The van der Waals surface area contributed by atoms with Crippen LogP contribution in [0.5, 0.6) is 11.5 Å². The van der Waals surface area contributed by atoms with Crippen molar-refractivity contribution < 1.29 is 23.8 Å². The molecule has 0 radical (unpaired) electrons. The number of aliphatic imine (C=N–C) groups is 1. The lowest BCUT2D eigenvalue weighted by atomic mass is 9.90. The summed E-state index contributed by atoms with van der Waals surface area (Å²) in [6, 6.07) is 14.4. The van der Waals surface area contributed by atoms with Gasteiger partial charge >= 0.3 is 5.97 Å². The molecule has 4 rings (SSSR count). The summed E-state index contributed by atoms with van der Waals surface area (Å²) in [5.41, 5.74) is 3.17. The Morgan fingerprint density at radius 2 is 1.86 bits per heavy atom. The van der Waals surface area contributed by atoms with Crippen molar-refractivity contribution in [2.75, 3.05) is 27.4 Å². The second-order valence-electron chi connectivity index (χ2n) is 7.98. The van der Waals surface area contributed by atoms with E-state index in [1.54, 1.807) is 27.2 Å². The summed E-state index contributed by atoms with van der Waals surface area (Å²) in [4.78, 5) is 33.0. The normalized spacial score (nSPS) is 16.7. The molecule has 0 saturated carbocycles. The van der Waals surface area contributed by atoms with E-state index >= 15 is 0 Å². The first kappa shape index (κ1) is 25.4. The predicted octanol–water partition coefficient (Wildman–Crippen LogP) is 4.51. The van der Waals surface area contributed by atoms with Gasteiger partial charge in [-0.15, -0.1) is 0 Å². The zero-order valence-electron chi connectivity index (χ0n) is 20.7. The monoisotopic (exact) mass is 507 g/mol. The molecule has 0 spiro atoms. The highest BCUT2D eigenvalue weighted by molar-refractivity contribution is 8.16. The van der Waals surface area contributed by atoms with Crippen molar-refractivity contribution in [1.29, 1.82) is 0 Å². The number of thioether (sulfide) groups is 1. The SMILES string of the molecule is CCNC(=O)CC1=CSC2=NC(c3ccccc3)=C(C(=O)OCC)C(c3ccc(OC)cc3OC)N12. The van der Waals surface area contributed by atoms with Gasteiger partial charge in [0.15, 0.2) is 5.17 Å². The molecule has 1 unspecified atom stereocenters. The Hall–Kier alpha value is -3.72. The maximum Gasteiger partial charge on any atom is 0.338 e. The van der Waals surface area contributed by atoms with Crippen LogP contribution in [-0.4, -0.2) is 49.3 Å². The zero-order valence-corrected chi connectivity index (χ0v) is 21.6. The number of rotatable bonds is 9. The summed E-state index contributed by atoms with van der Waals surface area (Å²) in [5.74, 6) is 0.584. The van der Waals surface area contributed by atoms with Crippen molar-refractivity contribution in [3.05, 3.63) is 76.3 Å². The van der Waals surface area contributed by atoms with Crippen LogP contribution in [0.4, 0.5) is 0 Å². The molecule has 2 aromatic rings. The number of benzene rings is 2. The van der Waals surface area contributed by atoms with Crippen LogP contribution in [0.1, 0.15) is 37.4 Å². The Balaban J connectivity index is 1.95. The predicted molar refractivity (Wildman–Crippen MR) is 141 cm³/mol. The van der Waals surface area contributed by atoms with Crippen LogP contribution in [0.2, 0.25) is 0 Å². The first-order valence-electron chi connectivity index (χ1n) is 11.7. The first-order valence-corrected chi connectivity index (χ1v) is 12.6. The van der Waals surface area contributed by atoms with E-state index in [9.17, 15) is 9.59 Å². The molecular formula is C27H29N3O5S. The van der Waals surface area contributed by atoms with Crippen molar-refractivity contribution in [3.63, 3.8) is 0 Å². The van der Waals surface area contributed by atoms with Crippen LogP contribution in [0, 0.1) is 0 Å². The van der Waals surface area contributed by atoms with E-state index in [-0.39, 0.29) is 18.9 Å². The maximum atomic E-state index is 13.6. The second-order valence-corrected chi connectivity index (χ2v) is 8.82. The van der Waals surface area contributed by atoms with Crippen molar-refractivity contribution in [2.45, 2.75) is 26.3 Å². The van der Waals surface area contributed by atoms with Crippen molar-refractivity contribution in [3.8, 4) is 11.5 Å². The topological polar surface area (TPSA) is 89.5 Å². The number of carbonyl (C=O) groups is 2. The number of carbonyl (C=O) groups excluding carboxylic acids is 2. The summed E-state index contributed by atoms with van der Waals surface area (Å²) in [5, 5.41) is 5.43. The fourth-order valence-corrected chi connectivity index (χ4v) is 5.17. The van der Waals surface area contributed by atoms with E-state index in [4.69, 9.17) is 19.2 Å². The van der Waals surface area contributed by atoms with Gasteiger partial charge in [-0.05, 0) is 31.4 Å². The van der Waals surface area contributed by atoms with E-state index in [2.05, 4.69) is 5.32 Å². The third kappa shape index (κ3) is 4.97. The van der Waals surface area contributed by atoms with Crippen LogP contribution in [0.15, 0.2) is 70.2 Å². The quantitative estimate of drug-likeness (QED) is 0.500. The molecule has 0 fully saturated rings. The summed E-state index contributed by atoms with van der Waals surface area (Å²) >= 11 is 1.42. The highest BCUT2D eigenvalue weighted by Crippen LogP contribution is 2.49. The van der Waals surface area contributed by atoms with Gasteiger partial charge in [0.2, 0.25) is 5.91 Å². The molecule has 0 aromatic heterocycles. The number of nitrogens with one attached hydrogen (secondary N) is 1. The van der Waals surface area contributed by atoms with Gasteiger partial charge < -0.3 is 24.4 Å². The van der Waals surface area contributed by atoms with Crippen LogP contribution >= 0.6 is 11.8 Å². The van der Waals surface area contributed by atoms with Crippen LogP contribution < -0.4 is 14.8 Å². The molecule has 36 heavy (non-hydrogen) atoms. The van der Waals surface area contributed by atoms with E-state index in [0.717, 1.165) is 16.8 Å². The van der Waals surface area contributed by atoms with Gasteiger partial charge in [-0.3, -0.25) is 4.79 Å². The number of fused-ring (bicyclic) bond motifs is 1. The lowest BCUT2D eigenvalue weighted by Gasteiger charge is -2.37. The van der Waals surface area contributed by atoms with Crippen LogP contribution in [-0.2, 0) is 14.3 Å². The van der Waals surface area contributed by atoms with Crippen LogP contribution in [0.25, 0.3) is 5.70 Å². The number of amidine groups is 1. The molecule has 2 aliphatic heterocycles. The lowest BCUT2D eigenvalue weighted by molar-refractivity contribution is -0.139. The Kier molecular flexibility index (Phi) is 8.00. The minimum atomic E-state index is -0.636. The summed E-state index contributed by atoms with van der Waals surface area (Å²) in [6.07, 6.45) is 0.144. The van der Waals surface area contributed by atoms with Crippen molar-refractivity contribution in [1.82, 2.24) is 10.2 Å². The smallest absolute Gasteiger partial charge is 0.338 e. The largest absolute Gasteiger partial charge is 0.497 e. The zero-order chi connectivity index (χ0) is 25.7. The fourth-order valence-electron chi connectivity index (χ4n) is 4.25. The second kappa shape index (κ2) is 11.3. The Bertz CT molecular complexity index is 1240. The highest BCUT2D eigenvalue weighted by atomic mass is 32.2. The third-order valence-electron chi connectivity index (χ3n) is 5.80. The molecule has 188 valence electrons. The van der Waals surface area contributed by atoms with Gasteiger partial charge in [-0.25, -0.2) is 9.79 Å². The summed E-state index contributed by atoms with van der Waals surface area (Å²) in [6.45, 7) is 4.39. The minimum Gasteiger partial charge on any atom is -0.497 e. The van der Waals surface area contributed by atoms with Crippen molar-refractivity contribution >= 4 is 34.5 Å². The van der Waals surface area contributed by atoms with E-state index < -0.39 is 12.0 Å². The fraction of sp³-hybridized carbons (Fsp3) is 0.296. The van der Waals surface area contributed by atoms with Gasteiger partial charge in [0, 0.05) is 29.4 Å². The van der Waals surface area contributed by atoms with Crippen molar-refractivity contribution in [2.24, 2.45) is 4.99 Å². The average Bonchev–Trinajstić information content (AvgIpc) is 3.30. The summed E-state index contributed by atoms with van der Waals surface area (Å²) in [7, 11) is 3.16. The number of esters is 1. The van der Waals surface area contributed by atoms with Gasteiger partial charge in [-0.2, -0.15) is 0 Å². The molecule has 0 aliphatic carbocycles. The third-order valence-corrected chi connectivity index (χ3v) is 6.69. The van der Waals surface area contributed by atoms with Gasteiger partial charge in [-0.1, -0.05) is 42.1 Å². The molecule has 0 bridgehead atoms. The number of hydrogen-bond acceptors (Lipinski definition) is 8. The van der Waals surface area contributed by atoms with Gasteiger partial charge in [0.25, 0.3) is 0 Å². The number of methoxy groups -OCH3 is 2. The molecule has 2 aromatic carbocycles. The highest BCUT2D eigenvalue weighted by Gasteiger charge is 2.43. The number of ether oxygens (including phenoxy) is 3. The number of nitrogens with zero attached hydrogens (tertiary/aromatic N) is 2. The Morgan fingerprint density at radius 1 is 1.08 bits per heavy atom. The molecule has 1 amide bonds. The standard InChI is InChI=1S/C27H29N3O5S/c1-5-28-22(31)14-18-16-36-27-29-24(17-10-8-7-9-11-17)23(26(32)35-6-2)25(30(18)27)20-13-12-19(33-3)15-21(20)34-4/h7-13,15-16,25H,5-6,14H2,1-4H3,(H,28,31). The van der Waals surface area contributed by atoms with Gasteiger partial charge in [0.05, 0.1) is 44.6 Å². The Morgan fingerprint density at radius 3 is 2.53 bits per heavy atom. The average molecular weight is 508 g/mol. The van der Waals surface area contributed by atoms with Crippen LogP contribution in [0.3, 0.4) is 0 Å². The number of amides is 1.